The van der Waals surface area contributed by atoms with Crippen molar-refractivity contribution < 1.29 is 22.4 Å². The molecule has 0 aliphatic carbocycles. The smallest absolute Gasteiger partial charge is 0.293 e. The first-order valence-corrected chi connectivity index (χ1v) is 3.70. The molecule has 0 unspecified atom stereocenters. The fourth-order valence-corrected chi connectivity index (χ4v) is 0.934. The van der Waals surface area contributed by atoms with Crippen molar-refractivity contribution in [3.05, 3.63) is 35.4 Å². The largest absolute Gasteiger partial charge is 0.332 e. The number of halogens is 4. The molecule has 0 saturated heterocycles. The minimum Gasteiger partial charge on any atom is -0.293 e. The quantitative estimate of drug-likeness (QED) is 0.680. The number of alkyl halides is 2. The van der Waals surface area contributed by atoms with Gasteiger partial charge in [-0.05, 0) is 12.1 Å². The van der Waals surface area contributed by atoms with Crippen molar-refractivity contribution in [2.75, 3.05) is 0 Å². The van der Waals surface area contributed by atoms with Crippen molar-refractivity contribution >= 4 is 5.78 Å². The zero-order valence-corrected chi connectivity index (χ0v) is 7.15. The third-order valence-corrected chi connectivity index (χ3v) is 1.71. The Morgan fingerprint density at radius 1 is 1.29 bits per heavy atom. The lowest BCUT2D eigenvalue weighted by Gasteiger charge is -2.13. The Kier molecular flexibility index (Phi) is 2.59. The molecule has 5 heteroatoms. The lowest BCUT2D eigenvalue weighted by Crippen LogP contribution is -2.24. The molecule has 0 fully saturated rings. The monoisotopic (exact) mass is 206 g/mol. The molecular weight excluding hydrogens is 200 g/mol. The summed E-state index contributed by atoms with van der Waals surface area (Å²) in [5.74, 6) is -7.78. The molecule has 1 aromatic carbocycles. The van der Waals surface area contributed by atoms with Gasteiger partial charge in [-0.15, -0.1) is 0 Å². The highest BCUT2D eigenvalue weighted by Gasteiger charge is 2.39. The summed E-state index contributed by atoms with van der Waals surface area (Å²) in [5.41, 5.74) is -1.11. The lowest BCUT2D eigenvalue weighted by atomic mass is 10.0. The molecule has 0 spiro atoms. The number of benzene rings is 1. The number of carbonyl (C=O) groups excluding carboxylic acids is 1. The van der Waals surface area contributed by atoms with Crippen LogP contribution in [-0.2, 0) is 10.7 Å². The summed E-state index contributed by atoms with van der Waals surface area (Å²) in [5, 5.41) is 0. The fraction of sp³-hybridized carbons (Fsp3) is 0.222. The third kappa shape index (κ3) is 1.76. The summed E-state index contributed by atoms with van der Waals surface area (Å²) >= 11 is 0. The summed E-state index contributed by atoms with van der Waals surface area (Å²) in [6.45, 7) is 0.642. The van der Waals surface area contributed by atoms with Gasteiger partial charge in [0.05, 0.1) is 5.56 Å². The Morgan fingerprint density at radius 3 is 2.29 bits per heavy atom. The van der Waals surface area contributed by atoms with Crippen molar-refractivity contribution in [2.24, 2.45) is 0 Å². The van der Waals surface area contributed by atoms with E-state index in [1.807, 2.05) is 0 Å². The van der Waals surface area contributed by atoms with Crippen LogP contribution in [0.4, 0.5) is 17.6 Å². The molecule has 0 aliphatic rings. The minimum absolute atomic E-state index is 0.312. The van der Waals surface area contributed by atoms with E-state index in [2.05, 4.69) is 0 Å². The molecule has 0 radical (unpaired) electrons. The molecule has 0 saturated carbocycles. The topological polar surface area (TPSA) is 17.1 Å². The van der Waals surface area contributed by atoms with Gasteiger partial charge < -0.3 is 0 Å². The standard InChI is InChI=1S/C9H6F4O/c1-5(14)9(12,13)7-3-2-6(10)4-8(7)11/h2-4H,1H3. The Morgan fingerprint density at radius 2 is 1.86 bits per heavy atom. The molecule has 1 rings (SSSR count). The summed E-state index contributed by atoms with van der Waals surface area (Å²) < 4.78 is 51.1. The van der Waals surface area contributed by atoms with Crippen LogP contribution < -0.4 is 0 Å². The van der Waals surface area contributed by atoms with Crippen molar-refractivity contribution in [1.29, 1.82) is 0 Å². The summed E-state index contributed by atoms with van der Waals surface area (Å²) in [7, 11) is 0. The van der Waals surface area contributed by atoms with Gasteiger partial charge in [-0.25, -0.2) is 8.78 Å². The van der Waals surface area contributed by atoms with Crippen LogP contribution >= 0.6 is 0 Å². The zero-order valence-electron chi connectivity index (χ0n) is 7.15. The maximum Gasteiger partial charge on any atom is 0.332 e. The van der Waals surface area contributed by atoms with E-state index >= 15 is 0 Å². The van der Waals surface area contributed by atoms with Crippen molar-refractivity contribution in [2.45, 2.75) is 12.8 Å². The maximum absolute atomic E-state index is 13.0. The first-order chi connectivity index (χ1) is 6.35. The second-order valence-corrected chi connectivity index (χ2v) is 2.75. The molecule has 1 nitrogen and oxygen atoms in total. The highest BCUT2D eigenvalue weighted by Crippen LogP contribution is 2.31. The van der Waals surface area contributed by atoms with E-state index in [1.54, 1.807) is 0 Å². The van der Waals surface area contributed by atoms with Gasteiger partial charge >= 0.3 is 5.92 Å². The number of Topliss-reactive ketones (excluding diaryl/α,β-unsaturated/α-hetero) is 1. The molecule has 0 bridgehead atoms. The average molecular weight is 206 g/mol. The fourth-order valence-electron chi connectivity index (χ4n) is 0.934. The van der Waals surface area contributed by atoms with E-state index in [9.17, 15) is 22.4 Å². The molecule has 0 N–H and O–H groups in total. The van der Waals surface area contributed by atoms with Crippen LogP contribution in [0.15, 0.2) is 18.2 Å². The molecule has 0 amide bonds. The zero-order chi connectivity index (χ0) is 10.9. The molecule has 0 aromatic heterocycles. The van der Waals surface area contributed by atoms with E-state index in [0.29, 0.717) is 25.1 Å². The first kappa shape index (κ1) is 10.7. The normalized spacial score (nSPS) is 11.5. The van der Waals surface area contributed by atoms with E-state index in [-0.39, 0.29) is 0 Å². The highest BCUT2D eigenvalue weighted by molar-refractivity contribution is 5.84. The average Bonchev–Trinajstić information content (AvgIpc) is 2.02. The van der Waals surface area contributed by atoms with Crippen LogP contribution in [0, 0.1) is 11.6 Å². The maximum atomic E-state index is 13.0. The molecule has 0 atom stereocenters. The Hall–Kier alpha value is -1.39. The van der Waals surface area contributed by atoms with Crippen molar-refractivity contribution in [3.8, 4) is 0 Å². The van der Waals surface area contributed by atoms with E-state index < -0.39 is 28.9 Å². The minimum atomic E-state index is -3.90. The molecule has 14 heavy (non-hydrogen) atoms. The Labute approximate surface area is 77.3 Å². The molecule has 0 aliphatic heterocycles. The van der Waals surface area contributed by atoms with Crippen molar-refractivity contribution in [3.63, 3.8) is 0 Å². The second kappa shape index (κ2) is 3.40. The van der Waals surface area contributed by atoms with Crippen LogP contribution in [0.1, 0.15) is 12.5 Å². The SMILES string of the molecule is CC(=O)C(F)(F)c1ccc(F)cc1F. The summed E-state index contributed by atoms with van der Waals surface area (Å²) in [6, 6.07) is 1.55. The van der Waals surface area contributed by atoms with E-state index in [1.165, 1.54) is 0 Å². The predicted octanol–water partition coefficient (Wildman–Crippen LogP) is 2.65. The van der Waals surface area contributed by atoms with Crippen molar-refractivity contribution in [1.82, 2.24) is 0 Å². The number of carbonyl (C=O) groups is 1. The lowest BCUT2D eigenvalue weighted by molar-refractivity contribution is -0.142. The van der Waals surface area contributed by atoms with Crippen LogP contribution in [0.3, 0.4) is 0 Å². The van der Waals surface area contributed by atoms with Gasteiger partial charge in [0.15, 0.2) is 0 Å². The van der Waals surface area contributed by atoms with Gasteiger partial charge in [0.2, 0.25) is 5.78 Å². The van der Waals surface area contributed by atoms with Gasteiger partial charge in [0, 0.05) is 13.0 Å². The number of ketones is 1. The molecule has 76 valence electrons. The predicted molar refractivity (Wildman–Crippen MR) is 40.9 cm³/mol. The van der Waals surface area contributed by atoms with Gasteiger partial charge in [0.1, 0.15) is 11.6 Å². The summed E-state index contributed by atoms with van der Waals surface area (Å²) in [4.78, 5) is 10.5. The number of hydrogen-bond donors (Lipinski definition) is 0. The number of rotatable bonds is 2. The van der Waals surface area contributed by atoms with Crippen LogP contribution in [0.2, 0.25) is 0 Å². The third-order valence-electron chi connectivity index (χ3n) is 1.71. The van der Waals surface area contributed by atoms with Gasteiger partial charge in [0.25, 0.3) is 0 Å². The molecule has 1 aromatic rings. The highest BCUT2D eigenvalue weighted by atomic mass is 19.3. The molecule has 0 heterocycles. The first-order valence-electron chi connectivity index (χ1n) is 3.70. The number of hydrogen-bond acceptors (Lipinski definition) is 1. The second-order valence-electron chi connectivity index (χ2n) is 2.75. The van der Waals surface area contributed by atoms with E-state index in [4.69, 9.17) is 0 Å². The van der Waals surface area contributed by atoms with Crippen LogP contribution in [0.5, 0.6) is 0 Å². The van der Waals surface area contributed by atoms with Gasteiger partial charge in [-0.1, -0.05) is 0 Å². The Bertz CT molecular complexity index is 373. The Balaban J connectivity index is 3.26. The van der Waals surface area contributed by atoms with Gasteiger partial charge in [-0.3, -0.25) is 4.79 Å². The molecular formula is C9H6F4O. The van der Waals surface area contributed by atoms with E-state index in [0.717, 1.165) is 0 Å². The summed E-state index contributed by atoms with van der Waals surface area (Å²) in [6.07, 6.45) is 0. The van der Waals surface area contributed by atoms with Crippen LogP contribution in [-0.4, -0.2) is 5.78 Å². The van der Waals surface area contributed by atoms with Crippen LogP contribution in [0.25, 0.3) is 0 Å². The van der Waals surface area contributed by atoms with Gasteiger partial charge in [-0.2, -0.15) is 8.78 Å².